The number of sulfonamides is 1. The third kappa shape index (κ3) is 3.96. The van der Waals surface area contributed by atoms with Gasteiger partial charge < -0.3 is 19.0 Å². The highest BCUT2D eigenvalue weighted by Gasteiger charge is 2.26. The van der Waals surface area contributed by atoms with Crippen LogP contribution in [0.25, 0.3) is 21.7 Å². The number of nitrogens with zero attached hydrogens (tertiary/aromatic N) is 2. The van der Waals surface area contributed by atoms with Gasteiger partial charge in [0.15, 0.2) is 5.76 Å². The number of fused-ring (bicyclic) bond motifs is 2. The molecule has 10 heteroatoms. The molecule has 1 aromatic heterocycles. The molecule has 2 aliphatic heterocycles. The van der Waals surface area contributed by atoms with Crippen molar-refractivity contribution in [2.45, 2.75) is 11.3 Å². The number of carbonyl (C=O) groups is 1. The molecule has 0 atom stereocenters. The SMILES string of the molecule is O=C(NS(=O)(=O)c1cccc2c(N3CCOCC3)cccc12)c1cc2c(F)cc(N3CCC3)cc2o1. The Balaban J connectivity index is 1.32. The highest BCUT2D eigenvalue weighted by Crippen LogP contribution is 2.33. The van der Waals surface area contributed by atoms with Crippen LogP contribution in [0, 0.1) is 5.82 Å². The van der Waals surface area contributed by atoms with Crippen molar-refractivity contribution >= 4 is 49.0 Å². The summed E-state index contributed by atoms with van der Waals surface area (Å²) in [6.07, 6.45) is 1.03. The van der Waals surface area contributed by atoms with Crippen LogP contribution in [0.4, 0.5) is 15.8 Å². The zero-order chi connectivity index (χ0) is 24.9. The van der Waals surface area contributed by atoms with E-state index in [2.05, 4.69) is 9.62 Å². The highest BCUT2D eigenvalue weighted by atomic mass is 32.2. The summed E-state index contributed by atoms with van der Waals surface area (Å²) >= 11 is 0. The number of amides is 1. The summed E-state index contributed by atoms with van der Waals surface area (Å²) in [6.45, 7) is 4.26. The quantitative estimate of drug-likeness (QED) is 0.436. The number of hydrogen-bond donors (Lipinski definition) is 1. The summed E-state index contributed by atoms with van der Waals surface area (Å²) in [5, 5.41) is 1.39. The Kier molecular flexibility index (Phi) is 5.57. The maximum Gasteiger partial charge on any atom is 0.300 e. The Morgan fingerprint density at radius 2 is 1.64 bits per heavy atom. The van der Waals surface area contributed by atoms with E-state index in [0.29, 0.717) is 37.4 Å². The number of rotatable bonds is 5. The normalized spacial score (nSPS) is 16.4. The number of ether oxygens (including phenoxy) is 1. The summed E-state index contributed by atoms with van der Waals surface area (Å²) in [7, 11) is -4.25. The van der Waals surface area contributed by atoms with E-state index < -0.39 is 21.7 Å². The molecule has 2 saturated heterocycles. The summed E-state index contributed by atoms with van der Waals surface area (Å²) in [5.41, 5.74) is 1.77. The Hall–Kier alpha value is -3.63. The number of nitrogens with one attached hydrogen (secondary N) is 1. The summed E-state index contributed by atoms with van der Waals surface area (Å²) in [6, 6.07) is 14.7. The second-order valence-corrected chi connectivity index (χ2v) is 10.6. The van der Waals surface area contributed by atoms with Crippen LogP contribution in [0.1, 0.15) is 17.0 Å². The van der Waals surface area contributed by atoms with E-state index in [1.807, 2.05) is 17.0 Å². The minimum absolute atomic E-state index is 0.0224. The van der Waals surface area contributed by atoms with Crippen molar-refractivity contribution < 1.29 is 26.8 Å². The van der Waals surface area contributed by atoms with Crippen molar-refractivity contribution in [2.75, 3.05) is 49.2 Å². The fraction of sp³-hybridized carbons (Fsp3) is 0.269. The Morgan fingerprint density at radius 1 is 0.889 bits per heavy atom. The third-order valence-electron chi connectivity index (χ3n) is 6.74. The van der Waals surface area contributed by atoms with Crippen LogP contribution in [-0.2, 0) is 14.8 Å². The van der Waals surface area contributed by atoms with Crippen LogP contribution in [0.3, 0.4) is 0 Å². The van der Waals surface area contributed by atoms with Gasteiger partial charge in [0.05, 0.1) is 23.5 Å². The van der Waals surface area contributed by atoms with Crippen LogP contribution in [-0.4, -0.2) is 53.7 Å². The fourth-order valence-electron chi connectivity index (χ4n) is 4.76. The lowest BCUT2D eigenvalue weighted by Crippen LogP contribution is -2.36. The molecule has 2 fully saturated rings. The van der Waals surface area contributed by atoms with E-state index in [1.165, 1.54) is 18.2 Å². The van der Waals surface area contributed by atoms with Crippen molar-refractivity contribution in [2.24, 2.45) is 0 Å². The van der Waals surface area contributed by atoms with E-state index in [1.54, 1.807) is 24.3 Å². The molecule has 6 rings (SSSR count). The monoisotopic (exact) mass is 509 g/mol. The van der Waals surface area contributed by atoms with E-state index in [9.17, 15) is 17.6 Å². The highest BCUT2D eigenvalue weighted by molar-refractivity contribution is 7.90. The molecule has 0 spiro atoms. The Labute approximate surface area is 207 Å². The lowest BCUT2D eigenvalue weighted by atomic mass is 10.1. The van der Waals surface area contributed by atoms with E-state index in [4.69, 9.17) is 9.15 Å². The standard InChI is InChI=1S/C26H24FN3O5S/c27-21-14-17(29-8-3-9-29)15-23-20(21)16-24(35-23)26(31)28-36(32,33)25-7-2-4-18-19(25)5-1-6-22(18)30-10-12-34-13-11-30/h1-2,4-7,14-16H,3,8-13H2,(H,28,31). The molecule has 0 radical (unpaired) electrons. The van der Waals surface area contributed by atoms with E-state index in [-0.39, 0.29) is 21.6 Å². The number of morpholine rings is 1. The lowest BCUT2D eigenvalue weighted by Gasteiger charge is -2.33. The van der Waals surface area contributed by atoms with Gasteiger partial charge in [-0.3, -0.25) is 4.79 Å². The maximum absolute atomic E-state index is 14.7. The molecule has 0 saturated carbocycles. The molecule has 2 aliphatic rings. The average Bonchev–Trinajstić information content (AvgIpc) is 3.28. The molecule has 0 bridgehead atoms. The topological polar surface area (TPSA) is 92.1 Å². The zero-order valence-electron chi connectivity index (χ0n) is 19.4. The Bertz CT molecular complexity index is 1590. The van der Waals surface area contributed by atoms with Gasteiger partial charge in [0.1, 0.15) is 11.4 Å². The predicted molar refractivity (Wildman–Crippen MR) is 135 cm³/mol. The molecule has 4 aromatic rings. The van der Waals surface area contributed by atoms with Crippen molar-refractivity contribution in [1.29, 1.82) is 0 Å². The second kappa shape index (κ2) is 8.79. The zero-order valence-corrected chi connectivity index (χ0v) is 20.2. The number of anilines is 2. The smallest absolute Gasteiger partial charge is 0.300 e. The van der Waals surface area contributed by atoms with Gasteiger partial charge in [0, 0.05) is 60.5 Å². The van der Waals surface area contributed by atoms with Crippen LogP contribution < -0.4 is 14.5 Å². The molecule has 3 heterocycles. The molecule has 36 heavy (non-hydrogen) atoms. The Morgan fingerprint density at radius 3 is 2.39 bits per heavy atom. The predicted octanol–water partition coefficient (Wildman–Crippen LogP) is 3.89. The minimum atomic E-state index is -4.25. The third-order valence-corrected chi connectivity index (χ3v) is 8.13. The molecule has 3 aromatic carbocycles. The second-order valence-electron chi connectivity index (χ2n) is 8.95. The first-order valence-corrected chi connectivity index (χ1v) is 13.3. The van der Waals surface area contributed by atoms with Gasteiger partial charge in [-0.25, -0.2) is 17.5 Å². The summed E-state index contributed by atoms with van der Waals surface area (Å²) in [4.78, 5) is 17.0. The molecular weight excluding hydrogens is 485 g/mol. The fourth-order valence-corrected chi connectivity index (χ4v) is 5.94. The number of carbonyl (C=O) groups excluding carboxylic acids is 1. The van der Waals surface area contributed by atoms with E-state index in [0.717, 1.165) is 30.6 Å². The van der Waals surface area contributed by atoms with Gasteiger partial charge in [-0.15, -0.1) is 0 Å². The van der Waals surface area contributed by atoms with Gasteiger partial charge >= 0.3 is 5.91 Å². The first-order chi connectivity index (χ1) is 17.4. The molecule has 0 aliphatic carbocycles. The van der Waals surface area contributed by atoms with Crippen LogP contribution >= 0.6 is 0 Å². The van der Waals surface area contributed by atoms with Crippen molar-refractivity contribution in [3.8, 4) is 0 Å². The molecule has 8 nitrogen and oxygen atoms in total. The first-order valence-electron chi connectivity index (χ1n) is 11.8. The number of hydrogen-bond acceptors (Lipinski definition) is 7. The number of benzene rings is 3. The first kappa shape index (κ1) is 22.8. The lowest BCUT2D eigenvalue weighted by molar-refractivity contribution is 0.0956. The summed E-state index contributed by atoms with van der Waals surface area (Å²) < 4.78 is 54.4. The molecular formula is C26H24FN3O5S. The van der Waals surface area contributed by atoms with Crippen LogP contribution in [0.15, 0.2) is 63.9 Å². The molecule has 1 N–H and O–H groups in total. The molecule has 1 amide bonds. The molecule has 0 unspecified atom stereocenters. The van der Waals surface area contributed by atoms with Crippen LogP contribution in [0.2, 0.25) is 0 Å². The largest absolute Gasteiger partial charge is 0.451 e. The van der Waals surface area contributed by atoms with Crippen molar-refractivity contribution in [3.05, 3.63) is 66.2 Å². The number of furan rings is 1. The van der Waals surface area contributed by atoms with Gasteiger partial charge in [0.2, 0.25) is 0 Å². The van der Waals surface area contributed by atoms with E-state index >= 15 is 0 Å². The molecule has 186 valence electrons. The van der Waals surface area contributed by atoms with Crippen molar-refractivity contribution in [1.82, 2.24) is 4.72 Å². The summed E-state index contributed by atoms with van der Waals surface area (Å²) in [5.74, 6) is -1.76. The maximum atomic E-state index is 14.7. The van der Waals surface area contributed by atoms with Gasteiger partial charge in [-0.1, -0.05) is 24.3 Å². The van der Waals surface area contributed by atoms with Crippen molar-refractivity contribution in [3.63, 3.8) is 0 Å². The minimum Gasteiger partial charge on any atom is -0.451 e. The van der Waals surface area contributed by atoms with Gasteiger partial charge in [-0.2, -0.15) is 0 Å². The number of halogens is 1. The average molecular weight is 510 g/mol. The van der Waals surface area contributed by atoms with Gasteiger partial charge in [0.25, 0.3) is 10.0 Å². The van der Waals surface area contributed by atoms with Crippen LogP contribution in [0.5, 0.6) is 0 Å². The van der Waals surface area contributed by atoms with Gasteiger partial charge in [-0.05, 0) is 24.6 Å².